The van der Waals surface area contributed by atoms with Gasteiger partial charge in [0.25, 0.3) is 0 Å². The van der Waals surface area contributed by atoms with Crippen molar-refractivity contribution < 1.29 is 22.4 Å². The van der Waals surface area contributed by atoms with Crippen molar-refractivity contribution in [2.45, 2.75) is 6.61 Å². The van der Waals surface area contributed by atoms with Crippen molar-refractivity contribution in [3.8, 4) is 11.6 Å². The van der Waals surface area contributed by atoms with Gasteiger partial charge < -0.3 is 22.4 Å². The zero-order valence-corrected chi connectivity index (χ0v) is 10.7. The highest BCUT2D eigenvalue weighted by Crippen LogP contribution is 2.18. The summed E-state index contributed by atoms with van der Waals surface area (Å²) in [4.78, 5) is 4.07. The summed E-state index contributed by atoms with van der Waals surface area (Å²) in [5.74, 6) is 0.198. The molecule has 1 heterocycles. The molecule has 1 aromatic carbocycles. The number of methoxy groups -OCH3 is 1. The molecule has 20 heavy (non-hydrogen) atoms. The highest BCUT2D eigenvalue weighted by molar-refractivity contribution is 6.74. The molecule has 0 fully saturated rings. The van der Waals surface area contributed by atoms with Crippen LogP contribution in [0.5, 0.6) is 11.6 Å². The molecule has 0 atom stereocenters. The second-order valence-corrected chi connectivity index (χ2v) is 4.07. The van der Waals surface area contributed by atoms with Crippen LogP contribution in [0, 0.1) is 0 Å². The Morgan fingerprint density at radius 2 is 1.80 bits per heavy atom. The highest BCUT2D eigenvalue weighted by atomic mass is 19.4. The number of halogens is 3. The molecule has 0 radical (unpaired) electrons. The van der Waals surface area contributed by atoms with Gasteiger partial charge in [0.2, 0.25) is 5.88 Å². The van der Waals surface area contributed by atoms with Crippen molar-refractivity contribution in [3.05, 3.63) is 48.2 Å². The predicted octanol–water partition coefficient (Wildman–Crippen LogP) is 2.72. The van der Waals surface area contributed by atoms with Gasteiger partial charge in [-0.15, -0.1) is 0 Å². The molecule has 0 spiro atoms. The summed E-state index contributed by atoms with van der Waals surface area (Å²) in [6.07, 6.45) is 0. The highest BCUT2D eigenvalue weighted by Gasteiger charge is 2.28. The number of pyridine rings is 1. The Morgan fingerprint density at radius 1 is 1.05 bits per heavy atom. The maximum Gasteiger partial charge on any atom is 0.513 e. The number of hydrogen-bond donors (Lipinski definition) is 0. The van der Waals surface area contributed by atoms with Gasteiger partial charge in [0.1, 0.15) is 6.61 Å². The minimum atomic E-state index is -5.10. The fourth-order valence-electron chi connectivity index (χ4n) is 1.69. The van der Waals surface area contributed by atoms with Crippen molar-refractivity contribution >= 4 is 12.4 Å². The van der Waals surface area contributed by atoms with Gasteiger partial charge in [-0.3, -0.25) is 0 Å². The minimum Gasteiger partial charge on any atom is -0.490 e. The Balaban J connectivity index is 2.15. The molecule has 0 N–H and O–H groups in total. The van der Waals surface area contributed by atoms with Crippen molar-refractivity contribution in [3.63, 3.8) is 0 Å². The molecule has 7 heteroatoms. The van der Waals surface area contributed by atoms with E-state index < -0.39 is 12.4 Å². The number of hydrogen-bond acceptors (Lipinski definition) is 3. The number of benzene rings is 1. The largest absolute Gasteiger partial charge is 0.513 e. The van der Waals surface area contributed by atoms with Gasteiger partial charge in [-0.25, -0.2) is 4.98 Å². The van der Waals surface area contributed by atoms with Crippen LogP contribution < -0.4 is 14.9 Å². The second-order valence-electron chi connectivity index (χ2n) is 4.07. The molecule has 2 rings (SSSR count). The van der Waals surface area contributed by atoms with E-state index >= 15 is 0 Å². The van der Waals surface area contributed by atoms with E-state index in [0.29, 0.717) is 11.6 Å². The van der Waals surface area contributed by atoms with Gasteiger partial charge in [0, 0.05) is 6.07 Å². The van der Waals surface area contributed by atoms with E-state index in [2.05, 4.69) is 4.98 Å². The van der Waals surface area contributed by atoms with Gasteiger partial charge in [0.05, 0.1) is 18.6 Å². The molecule has 2 aromatic rings. The molecule has 0 aliphatic heterocycles. The van der Waals surface area contributed by atoms with E-state index in [1.54, 1.807) is 18.2 Å². The first-order valence-corrected chi connectivity index (χ1v) is 5.92. The van der Waals surface area contributed by atoms with Crippen LogP contribution in [0.25, 0.3) is 0 Å². The van der Waals surface area contributed by atoms with Gasteiger partial charge in [-0.1, -0.05) is 29.7 Å². The van der Waals surface area contributed by atoms with Crippen molar-refractivity contribution in [1.82, 2.24) is 4.98 Å². The summed E-state index contributed by atoms with van der Waals surface area (Å²) in [7, 11) is 1.47. The molecule has 106 valence electrons. The molecule has 0 bridgehead atoms. The van der Waals surface area contributed by atoms with Gasteiger partial charge in [0.15, 0.2) is 0 Å². The molecule has 0 aliphatic rings. The SMILES string of the molecule is COc1cccc(COc2ccccc2[B-](F)(F)F)n1. The van der Waals surface area contributed by atoms with Gasteiger partial charge >= 0.3 is 6.98 Å². The Morgan fingerprint density at radius 3 is 2.50 bits per heavy atom. The fraction of sp³-hybridized carbons (Fsp3) is 0.154. The lowest BCUT2D eigenvalue weighted by Gasteiger charge is -2.19. The molecule has 0 unspecified atom stereocenters. The Bertz CT molecular complexity index is 590. The minimum absolute atomic E-state index is 0.0552. The van der Waals surface area contributed by atoms with Gasteiger partial charge in [-0.05, 0) is 12.1 Å². The molecule has 0 aliphatic carbocycles. The standard InChI is InChI=1S/C13H12BF3NO2/c1-19-13-8-4-5-10(18-13)9-20-12-7-3-2-6-11(12)14(15,16)17/h2-8H,9H2,1H3/q-1. The molecular formula is C13H12BF3NO2-. The van der Waals surface area contributed by atoms with Crippen LogP contribution in [0.4, 0.5) is 12.9 Å². The third-order valence-corrected chi connectivity index (χ3v) is 2.64. The number of para-hydroxylation sites is 1. The Labute approximate surface area is 114 Å². The number of rotatable bonds is 5. The summed E-state index contributed by atoms with van der Waals surface area (Å²) < 4.78 is 48.7. The third-order valence-electron chi connectivity index (χ3n) is 2.64. The van der Waals surface area contributed by atoms with E-state index in [4.69, 9.17) is 9.47 Å². The maximum atomic E-state index is 12.8. The van der Waals surface area contributed by atoms with Crippen LogP contribution in [0.2, 0.25) is 0 Å². The number of aromatic nitrogens is 1. The molecule has 0 saturated heterocycles. The molecule has 0 amide bonds. The summed E-state index contributed by atoms with van der Waals surface area (Å²) in [6, 6.07) is 10.1. The predicted molar refractivity (Wildman–Crippen MR) is 70.3 cm³/mol. The van der Waals surface area contributed by atoms with Crippen LogP contribution in [-0.2, 0) is 6.61 Å². The first kappa shape index (κ1) is 14.2. The first-order valence-electron chi connectivity index (χ1n) is 5.92. The fourth-order valence-corrected chi connectivity index (χ4v) is 1.69. The summed E-state index contributed by atoms with van der Waals surface area (Å²) in [6.45, 7) is -5.16. The second kappa shape index (κ2) is 5.86. The van der Waals surface area contributed by atoms with E-state index in [9.17, 15) is 12.9 Å². The Hall–Kier alpha value is -2.18. The normalized spacial score (nSPS) is 11.2. The monoisotopic (exact) mass is 282 g/mol. The summed E-state index contributed by atoms with van der Waals surface area (Å²) in [5, 5.41) is 0. The quantitative estimate of drug-likeness (QED) is 0.790. The van der Waals surface area contributed by atoms with E-state index in [-0.39, 0.29) is 12.4 Å². The lowest BCUT2D eigenvalue weighted by molar-refractivity contribution is 0.299. The lowest BCUT2D eigenvalue weighted by atomic mass is 9.79. The smallest absolute Gasteiger partial charge is 0.490 e. The van der Waals surface area contributed by atoms with Crippen LogP contribution in [0.3, 0.4) is 0 Å². The van der Waals surface area contributed by atoms with Crippen molar-refractivity contribution in [2.24, 2.45) is 0 Å². The topological polar surface area (TPSA) is 31.4 Å². The molecular weight excluding hydrogens is 270 g/mol. The molecule has 3 nitrogen and oxygen atoms in total. The third kappa shape index (κ3) is 3.43. The van der Waals surface area contributed by atoms with Crippen LogP contribution >= 0.6 is 0 Å². The van der Waals surface area contributed by atoms with E-state index in [1.807, 2.05) is 0 Å². The number of ether oxygens (including phenoxy) is 2. The lowest BCUT2D eigenvalue weighted by Crippen LogP contribution is -2.35. The summed E-state index contributed by atoms with van der Waals surface area (Å²) in [5.41, 5.74) is -0.246. The van der Waals surface area contributed by atoms with Gasteiger partial charge in [-0.2, -0.15) is 0 Å². The molecule has 0 saturated carbocycles. The van der Waals surface area contributed by atoms with Crippen LogP contribution in [0.1, 0.15) is 5.69 Å². The zero-order valence-electron chi connectivity index (χ0n) is 10.7. The van der Waals surface area contributed by atoms with E-state index in [1.165, 1.54) is 25.3 Å². The first-order chi connectivity index (χ1) is 9.50. The Kier molecular flexibility index (Phi) is 4.17. The average molecular weight is 282 g/mol. The number of nitrogens with zero attached hydrogens (tertiary/aromatic N) is 1. The average Bonchev–Trinajstić information content (AvgIpc) is 2.44. The van der Waals surface area contributed by atoms with Crippen molar-refractivity contribution in [2.75, 3.05) is 7.11 Å². The van der Waals surface area contributed by atoms with Crippen molar-refractivity contribution in [1.29, 1.82) is 0 Å². The maximum absolute atomic E-state index is 12.8. The zero-order chi connectivity index (χ0) is 14.6. The van der Waals surface area contributed by atoms with Crippen LogP contribution in [0.15, 0.2) is 42.5 Å². The van der Waals surface area contributed by atoms with Crippen LogP contribution in [-0.4, -0.2) is 19.1 Å². The van der Waals surface area contributed by atoms with E-state index in [0.717, 1.165) is 6.07 Å². The summed E-state index contributed by atoms with van der Waals surface area (Å²) >= 11 is 0. The molecule has 1 aromatic heterocycles.